The third-order valence-corrected chi connectivity index (χ3v) is 6.91. The lowest BCUT2D eigenvalue weighted by Crippen LogP contribution is -2.26. The molecule has 36 heavy (non-hydrogen) atoms. The lowest BCUT2D eigenvalue weighted by atomic mass is 10.2. The van der Waals surface area contributed by atoms with Crippen LogP contribution >= 0.6 is 11.6 Å². The maximum absolute atomic E-state index is 13.6. The van der Waals surface area contributed by atoms with Gasteiger partial charge in [0.15, 0.2) is 0 Å². The molecule has 1 N–H and O–H groups in total. The van der Waals surface area contributed by atoms with Crippen molar-refractivity contribution in [3.8, 4) is 11.5 Å². The Morgan fingerprint density at radius 3 is 2.75 bits per heavy atom. The Kier molecular flexibility index (Phi) is 8.36. The molecule has 0 amide bonds. The van der Waals surface area contributed by atoms with Crippen LogP contribution in [0.2, 0.25) is 5.02 Å². The van der Waals surface area contributed by atoms with Crippen molar-refractivity contribution in [1.29, 1.82) is 0 Å². The fourth-order valence-corrected chi connectivity index (χ4v) is 4.91. The minimum Gasteiger partial charge on any atom is -0.493 e. The molecule has 9 heteroatoms. The van der Waals surface area contributed by atoms with Gasteiger partial charge in [-0.15, -0.1) is 0 Å². The highest BCUT2D eigenvalue weighted by molar-refractivity contribution is 6.31. The molecule has 3 heterocycles. The second kappa shape index (κ2) is 12.0. The van der Waals surface area contributed by atoms with E-state index in [2.05, 4.69) is 20.2 Å². The molecule has 0 aliphatic carbocycles. The number of hydrogen-bond acceptors (Lipinski definition) is 7. The summed E-state index contributed by atoms with van der Waals surface area (Å²) in [6, 6.07) is 8.27. The topological polar surface area (TPSA) is 68.7 Å². The van der Waals surface area contributed by atoms with Crippen molar-refractivity contribution in [3.05, 3.63) is 47.5 Å². The van der Waals surface area contributed by atoms with Crippen molar-refractivity contribution in [3.63, 3.8) is 0 Å². The zero-order valence-electron chi connectivity index (χ0n) is 20.3. The van der Waals surface area contributed by atoms with Crippen molar-refractivity contribution in [2.45, 2.75) is 44.6 Å². The van der Waals surface area contributed by atoms with Gasteiger partial charge in [-0.3, -0.25) is 0 Å². The second-order valence-electron chi connectivity index (χ2n) is 9.35. The van der Waals surface area contributed by atoms with Crippen molar-refractivity contribution in [1.82, 2.24) is 14.9 Å². The standard InChI is InChI=1S/C27H32ClFN4O3/c28-22-14-19(6-7-23(22)29)32-27-26-24(30-18-31-27)15-21(16-25(26)36-20-8-13-34-17-20)35-12-5-11-33-9-3-1-2-4-10-33/h6-7,14-16,18,20H,1-5,8-13,17H2,(H,30,31,32). The summed E-state index contributed by atoms with van der Waals surface area (Å²) in [5.74, 6) is 1.41. The van der Waals surface area contributed by atoms with Gasteiger partial charge in [0, 0.05) is 30.8 Å². The maximum Gasteiger partial charge on any atom is 0.145 e. The molecule has 0 radical (unpaired) electrons. The fourth-order valence-electron chi connectivity index (χ4n) is 4.73. The van der Waals surface area contributed by atoms with Gasteiger partial charge in [0.1, 0.15) is 35.6 Å². The van der Waals surface area contributed by atoms with Gasteiger partial charge in [-0.1, -0.05) is 24.4 Å². The average Bonchev–Trinajstić information content (AvgIpc) is 3.25. The summed E-state index contributed by atoms with van der Waals surface area (Å²) in [6.45, 7) is 5.25. The number of rotatable bonds is 9. The van der Waals surface area contributed by atoms with Crippen LogP contribution in [0.25, 0.3) is 10.9 Å². The lowest BCUT2D eigenvalue weighted by molar-refractivity contribution is 0.142. The first-order chi connectivity index (χ1) is 17.7. The van der Waals surface area contributed by atoms with Crippen LogP contribution in [0.4, 0.5) is 15.9 Å². The maximum atomic E-state index is 13.6. The first-order valence-electron chi connectivity index (χ1n) is 12.8. The fraction of sp³-hybridized carbons (Fsp3) is 0.481. The molecule has 0 spiro atoms. The first-order valence-corrected chi connectivity index (χ1v) is 13.1. The highest BCUT2D eigenvalue weighted by Crippen LogP contribution is 2.37. The predicted molar refractivity (Wildman–Crippen MR) is 139 cm³/mol. The molecule has 1 unspecified atom stereocenters. The average molecular weight is 515 g/mol. The zero-order chi connectivity index (χ0) is 24.7. The Bertz CT molecular complexity index is 1170. The van der Waals surface area contributed by atoms with Crippen LogP contribution in [-0.2, 0) is 4.74 Å². The van der Waals surface area contributed by atoms with E-state index in [1.54, 1.807) is 6.07 Å². The molecule has 2 saturated heterocycles. The highest BCUT2D eigenvalue weighted by Gasteiger charge is 2.21. The molecule has 3 aromatic rings. The number of ether oxygens (including phenoxy) is 3. The van der Waals surface area contributed by atoms with Gasteiger partial charge in [0.25, 0.3) is 0 Å². The van der Waals surface area contributed by atoms with E-state index in [0.29, 0.717) is 48.3 Å². The Morgan fingerprint density at radius 1 is 1.11 bits per heavy atom. The summed E-state index contributed by atoms with van der Waals surface area (Å²) < 4.78 is 31.7. The second-order valence-corrected chi connectivity index (χ2v) is 9.76. The van der Waals surface area contributed by atoms with Crippen molar-refractivity contribution in [2.75, 3.05) is 44.8 Å². The third kappa shape index (κ3) is 6.35. The largest absolute Gasteiger partial charge is 0.493 e. The van der Waals surface area contributed by atoms with Crippen LogP contribution in [0.1, 0.15) is 38.5 Å². The van der Waals surface area contributed by atoms with Crippen LogP contribution in [0, 0.1) is 5.82 Å². The molecule has 2 aliphatic heterocycles. The molecule has 1 aromatic heterocycles. The van der Waals surface area contributed by atoms with Crippen LogP contribution in [-0.4, -0.2) is 60.4 Å². The Morgan fingerprint density at radius 2 is 1.97 bits per heavy atom. The van der Waals surface area contributed by atoms with E-state index in [-0.39, 0.29) is 11.1 Å². The molecule has 192 valence electrons. The summed E-state index contributed by atoms with van der Waals surface area (Å²) >= 11 is 5.98. The minimum absolute atomic E-state index is 0.0359. The normalized spacial score (nSPS) is 18.8. The summed E-state index contributed by atoms with van der Waals surface area (Å²) in [5.41, 5.74) is 1.31. The Hall–Kier alpha value is -2.68. The summed E-state index contributed by atoms with van der Waals surface area (Å²) in [5, 5.41) is 3.99. The van der Waals surface area contributed by atoms with E-state index >= 15 is 0 Å². The van der Waals surface area contributed by atoms with Crippen molar-refractivity contribution >= 4 is 34.0 Å². The number of nitrogens with zero attached hydrogens (tertiary/aromatic N) is 3. The van der Waals surface area contributed by atoms with Crippen LogP contribution in [0.3, 0.4) is 0 Å². The number of aromatic nitrogens is 2. The highest BCUT2D eigenvalue weighted by atomic mass is 35.5. The number of hydrogen-bond donors (Lipinski definition) is 1. The zero-order valence-corrected chi connectivity index (χ0v) is 21.1. The lowest BCUT2D eigenvalue weighted by Gasteiger charge is -2.20. The summed E-state index contributed by atoms with van der Waals surface area (Å²) in [4.78, 5) is 11.5. The molecule has 5 rings (SSSR count). The van der Waals surface area contributed by atoms with Crippen molar-refractivity contribution < 1.29 is 18.6 Å². The first kappa shape index (κ1) is 25.0. The van der Waals surface area contributed by atoms with E-state index in [0.717, 1.165) is 24.8 Å². The number of anilines is 2. The molecular formula is C27H32ClFN4O3. The molecule has 2 fully saturated rings. The van der Waals surface area contributed by atoms with E-state index in [4.69, 9.17) is 25.8 Å². The van der Waals surface area contributed by atoms with Crippen LogP contribution in [0.5, 0.6) is 11.5 Å². The SMILES string of the molecule is Fc1ccc(Nc2ncnc3cc(OCCCN4CCCCCC4)cc(OC4CCOC4)c23)cc1Cl. The quantitative estimate of drug-likeness (QED) is 0.352. The molecule has 0 bridgehead atoms. The summed E-state index contributed by atoms with van der Waals surface area (Å²) in [7, 11) is 0. The number of fused-ring (bicyclic) bond motifs is 1. The number of halogens is 2. The smallest absolute Gasteiger partial charge is 0.145 e. The Labute approximate surface area is 215 Å². The van der Waals surface area contributed by atoms with E-state index in [9.17, 15) is 4.39 Å². The molecule has 2 aromatic carbocycles. The Balaban J connectivity index is 1.35. The van der Waals surface area contributed by atoms with Gasteiger partial charge >= 0.3 is 0 Å². The van der Waals surface area contributed by atoms with Gasteiger partial charge in [-0.05, 0) is 50.6 Å². The number of likely N-dealkylation sites (tertiary alicyclic amines) is 1. The van der Waals surface area contributed by atoms with Crippen LogP contribution in [0.15, 0.2) is 36.7 Å². The van der Waals surface area contributed by atoms with Crippen molar-refractivity contribution in [2.24, 2.45) is 0 Å². The van der Waals surface area contributed by atoms with Gasteiger partial charge in [-0.2, -0.15) is 0 Å². The third-order valence-electron chi connectivity index (χ3n) is 6.63. The number of benzene rings is 2. The van der Waals surface area contributed by atoms with E-state index < -0.39 is 5.82 Å². The molecule has 1 atom stereocenters. The number of nitrogens with one attached hydrogen (secondary N) is 1. The summed E-state index contributed by atoms with van der Waals surface area (Å²) in [6.07, 6.45) is 8.46. The predicted octanol–water partition coefficient (Wildman–Crippen LogP) is 5.98. The molecular weight excluding hydrogens is 483 g/mol. The van der Waals surface area contributed by atoms with E-state index in [1.165, 1.54) is 57.2 Å². The monoisotopic (exact) mass is 514 g/mol. The minimum atomic E-state index is -0.474. The molecule has 7 nitrogen and oxygen atoms in total. The van der Waals surface area contributed by atoms with Gasteiger partial charge in [0.05, 0.1) is 35.7 Å². The van der Waals surface area contributed by atoms with Gasteiger partial charge < -0.3 is 24.4 Å². The molecule has 2 aliphatic rings. The van der Waals surface area contributed by atoms with Crippen LogP contribution < -0.4 is 14.8 Å². The van der Waals surface area contributed by atoms with E-state index in [1.807, 2.05) is 12.1 Å². The van der Waals surface area contributed by atoms with Gasteiger partial charge in [-0.25, -0.2) is 14.4 Å². The van der Waals surface area contributed by atoms with Gasteiger partial charge in [0.2, 0.25) is 0 Å². The molecule has 0 saturated carbocycles.